The molecule has 4 N–H and O–H groups in total. The van der Waals surface area contributed by atoms with Crippen LogP contribution in [-0.4, -0.2) is 76.9 Å². The molecule has 0 spiro atoms. The number of halogens is 2. The van der Waals surface area contributed by atoms with Crippen molar-refractivity contribution < 1.29 is 38.4 Å². The van der Waals surface area contributed by atoms with E-state index in [9.17, 15) is 15.0 Å². The van der Waals surface area contributed by atoms with Crippen LogP contribution in [0.25, 0.3) is 0 Å². The van der Waals surface area contributed by atoms with E-state index in [1.54, 1.807) is 0 Å². The molecule has 4 rings (SSSR count). The maximum Gasteiger partial charge on any atom is 0.330 e. The van der Waals surface area contributed by atoms with Crippen LogP contribution in [0.5, 0.6) is 11.5 Å². The normalized spacial score (nSPS) is 17.7. The molecule has 2 amide bonds. The van der Waals surface area contributed by atoms with Crippen LogP contribution in [0.2, 0.25) is 0 Å². The summed E-state index contributed by atoms with van der Waals surface area (Å²) < 4.78 is 40.6. The summed E-state index contributed by atoms with van der Waals surface area (Å²) >= 11 is 0. The maximum atomic E-state index is 15.3. The van der Waals surface area contributed by atoms with E-state index in [1.807, 2.05) is 0 Å². The Morgan fingerprint density at radius 2 is 1.78 bits per heavy atom. The predicted octanol–water partition coefficient (Wildman–Crippen LogP) is 1.79. The molecule has 2 aliphatic rings. The smallest absolute Gasteiger partial charge is 0.330 e. The molecule has 196 valence electrons. The molecule has 1 aliphatic heterocycles. The summed E-state index contributed by atoms with van der Waals surface area (Å²) in [6.45, 7) is -0.965. The van der Waals surface area contributed by atoms with Crippen LogP contribution in [0.15, 0.2) is 12.3 Å². The second-order valence-corrected chi connectivity index (χ2v) is 8.68. The summed E-state index contributed by atoms with van der Waals surface area (Å²) in [4.78, 5) is 24.8. The summed E-state index contributed by atoms with van der Waals surface area (Å²) in [5, 5.41) is 31.2. The standard InChI is InChI=1S/C23H29F2N5O6/c1-35-16-7-17(36-2)19(25)20(18(16)24)29-10-12-8-26-22(27-9-14(32)15(33)11-31)28-21(12)30(23(29)34)13-5-3-4-6-13/h7-8,13-15,31-33H,3-6,9-11H2,1-2H3,(H,26,27,28)/t14-,15-/m0/s1. The zero-order valence-corrected chi connectivity index (χ0v) is 19.9. The molecule has 2 atom stereocenters. The molecule has 1 aliphatic carbocycles. The Labute approximate surface area is 206 Å². The zero-order valence-electron chi connectivity index (χ0n) is 19.9. The number of ether oxygens (including phenoxy) is 2. The predicted molar refractivity (Wildman–Crippen MR) is 125 cm³/mol. The van der Waals surface area contributed by atoms with Gasteiger partial charge in [0, 0.05) is 30.4 Å². The highest BCUT2D eigenvalue weighted by Gasteiger charge is 2.41. The fourth-order valence-corrected chi connectivity index (χ4v) is 4.49. The Morgan fingerprint density at radius 1 is 1.14 bits per heavy atom. The highest BCUT2D eigenvalue weighted by Crippen LogP contribution is 2.42. The highest BCUT2D eigenvalue weighted by molar-refractivity contribution is 6.06. The van der Waals surface area contributed by atoms with Crippen LogP contribution in [-0.2, 0) is 6.54 Å². The van der Waals surface area contributed by atoms with Gasteiger partial charge in [0.2, 0.25) is 5.95 Å². The fourth-order valence-electron chi connectivity index (χ4n) is 4.49. The van der Waals surface area contributed by atoms with Gasteiger partial charge < -0.3 is 30.1 Å². The second-order valence-electron chi connectivity index (χ2n) is 8.68. The van der Waals surface area contributed by atoms with Crippen molar-refractivity contribution in [2.75, 3.05) is 42.5 Å². The number of hydrogen-bond acceptors (Lipinski definition) is 9. The van der Waals surface area contributed by atoms with Crippen molar-refractivity contribution in [3.05, 3.63) is 29.5 Å². The van der Waals surface area contributed by atoms with Crippen molar-refractivity contribution in [1.82, 2.24) is 9.97 Å². The van der Waals surface area contributed by atoms with Crippen molar-refractivity contribution in [3.63, 3.8) is 0 Å². The molecule has 1 aromatic heterocycles. The van der Waals surface area contributed by atoms with Crippen LogP contribution >= 0.6 is 0 Å². The quantitative estimate of drug-likeness (QED) is 0.398. The maximum absolute atomic E-state index is 15.3. The molecule has 1 aromatic carbocycles. The Balaban J connectivity index is 1.74. The van der Waals surface area contributed by atoms with E-state index < -0.39 is 42.2 Å². The van der Waals surface area contributed by atoms with Gasteiger partial charge in [-0.15, -0.1) is 0 Å². The second kappa shape index (κ2) is 10.8. The molecular weight excluding hydrogens is 480 g/mol. The molecular formula is C23H29F2N5O6. The van der Waals surface area contributed by atoms with Crippen LogP contribution < -0.4 is 24.6 Å². The van der Waals surface area contributed by atoms with Gasteiger partial charge in [-0.3, -0.25) is 9.80 Å². The van der Waals surface area contributed by atoms with Crippen molar-refractivity contribution in [2.45, 2.75) is 50.5 Å². The van der Waals surface area contributed by atoms with Gasteiger partial charge >= 0.3 is 6.03 Å². The number of rotatable bonds is 9. The molecule has 1 saturated carbocycles. The lowest BCUT2D eigenvalue weighted by atomic mass is 10.1. The number of carbonyl (C=O) groups excluding carboxylic acids is 1. The number of carbonyl (C=O) groups is 1. The van der Waals surface area contributed by atoms with Gasteiger partial charge in [-0.05, 0) is 12.8 Å². The number of anilines is 3. The van der Waals surface area contributed by atoms with E-state index in [1.165, 1.54) is 25.3 Å². The number of nitrogens with one attached hydrogen (secondary N) is 1. The number of aliphatic hydroxyl groups is 3. The number of fused-ring (bicyclic) bond motifs is 1. The molecule has 1 fully saturated rings. The van der Waals surface area contributed by atoms with E-state index in [2.05, 4.69) is 15.3 Å². The van der Waals surface area contributed by atoms with E-state index in [0.29, 0.717) is 24.2 Å². The molecule has 0 bridgehead atoms. The topological polar surface area (TPSA) is 141 Å². The lowest BCUT2D eigenvalue weighted by Crippen LogP contribution is -2.52. The van der Waals surface area contributed by atoms with E-state index in [-0.39, 0.29) is 36.6 Å². The monoisotopic (exact) mass is 509 g/mol. The van der Waals surface area contributed by atoms with Crippen molar-refractivity contribution in [3.8, 4) is 11.5 Å². The third-order valence-electron chi connectivity index (χ3n) is 6.45. The van der Waals surface area contributed by atoms with E-state index in [0.717, 1.165) is 23.8 Å². The van der Waals surface area contributed by atoms with Gasteiger partial charge in [0.25, 0.3) is 0 Å². The minimum absolute atomic E-state index is 0.0857. The van der Waals surface area contributed by atoms with Gasteiger partial charge in [-0.2, -0.15) is 4.98 Å². The molecule has 2 heterocycles. The first-order valence-electron chi connectivity index (χ1n) is 11.6. The Bertz CT molecular complexity index is 1090. The lowest BCUT2D eigenvalue weighted by Gasteiger charge is -2.39. The number of nitrogens with zero attached hydrogens (tertiary/aromatic N) is 4. The average molecular weight is 510 g/mol. The van der Waals surface area contributed by atoms with Gasteiger partial charge in [0.15, 0.2) is 23.1 Å². The van der Waals surface area contributed by atoms with Crippen LogP contribution in [0.4, 0.5) is 31.0 Å². The van der Waals surface area contributed by atoms with Gasteiger partial charge in [-0.1, -0.05) is 12.8 Å². The first-order valence-corrected chi connectivity index (χ1v) is 11.6. The number of amides is 2. The number of urea groups is 1. The zero-order chi connectivity index (χ0) is 26.0. The molecule has 0 unspecified atom stereocenters. The number of benzene rings is 1. The summed E-state index contributed by atoms with van der Waals surface area (Å²) in [6, 6.07) is 0.194. The summed E-state index contributed by atoms with van der Waals surface area (Å²) in [5.41, 5.74) is -0.128. The molecule has 13 heteroatoms. The number of methoxy groups -OCH3 is 2. The van der Waals surface area contributed by atoms with Crippen LogP contribution in [0, 0.1) is 11.6 Å². The Kier molecular flexibility index (Phi) is 7.71. The molecule has 0 saturated heterocycles. The molecule has 11 nitrogen and oxygen atoms in total. The number of aliphatic hydroxyl groups excluding tert-OH is 3. The van der Waals surface area contributed by atoms with Crippen molar-refractivity contribution >= 4 is 23.5 Å². The SMILES string of the molecule is COc1cc(OC)c(F)c(N2Cc3cnc(NC[C@H](O)[C@@H](O)CO)nc3N(C3CCCC3)C2=O)c1F. The Morgan fingerprint density at radius 3 is 2.36 bits per heavy atom. The molecule has 36 heavy (non-hydrogen) atoms. The lowest BCUT2D eigenvalue weighted by molar-refractivity contribution is -0.00707. The largest absolute Gasteiger partial charge is 0.493 e. The van der Waals surface area contributed by atoms with Crippen LogP contribution in [0.3, 0.4) is 0 Å². The van der Waals surface area contributed by atoms with Crippen molar-refractivity contribution in [1.29, 1.82) is 0 Å². The minimum Gasteiger partial charge on any atom is -0.493 e. The van der Waals surface area contributed by atoms with Gasteiger partial charge in [0.1, 0.15) is 17.6 Å². The average Bonchev–Trinajstić information content (AvgIpc) is 3.41. The first-order chi connectivity index (χ1) is 17.3. The van der Waals surface area contributed by atoms with E-state index in [4.69, 9.17) is 14.6 Å². The van der Waals surface area contributed by atoms with Gasteiger partial charge in [-0.25, -0.2) is 18.6 Å². The molecule has 2 aromatic rings. The summed E-state index contributed by atoms with van der Waals surface area (Å²) in [7, 11) is 2.47. The third kappa shape index (κ3) is 4.73. The van der Waals surface area contributed by atoms with Crippen molar-refractivity contribution in [2.24, 2.45) is 0 Å². The van der Waals surface area contributed by atoms with E-state index >= 15 is 8.78 Å². The number of aromatic nitrogens is 2. The minimum atomic E-state index is -1.34. The summed E-state index contributed by atoms with van der Waals surface area (Å²) in [6.07, 6.45) is 1.99. The third-order valence-corrected chi connectivity index (χ3v) is 6.45. The summed E-state index contributed by atoms with van der Waals surface area (Å²) in [5.74, 6) is -2.22. The number of hydrogen-bond donors (Lipinski definition) is 4. The van der Waals surface area contributed by atoms with Crippen LogP contribution in [0.1, 0.15) is 31.2 Å². The molecule has 0 radical (unpaired) electrons. The fraction of sp³-hybridized carbons (Fsp3) is 0.522. The first kappa shape index (κ1) is 25.8. The Hall–Kier alpha value is -3.29. The van der Waals surface area contributed by atoms with Gasteiger partial charge in [0.05, 0.1) is 33.5 Å². The highest BCUT2D eigenvalue weighted by atomic mass is 19.1.